The number of anilines is 1. The Labute approximate surface area is 176 Å². The third kappa shape index (κ3) is 3.81. The fourth-order valence-electron chi connectivity index (χ4n) is 4.71. The molecule has 0 radical (unpaired) electrons. The molecule has 1 aromatic heterocycles. The fraction of sp³-hybridized carbons (Fsp3) is 0.417. The number of hydrogen-bond acceptors (Lipinski definition) is 4. The van der Waals surface area contributed by atoms with Crippen LogP contribution in [0, 0.1) is 0 Å². The van der Waals surface area contributed by atoms with Crippen molar-refractivity contribution in [1.29, 1.82) is 0 Å². The zero-order valence-electron chi connectivity index (χ0n) is 16.8. The van der Waals surface area contributed by atoms with Crippen molar-refractivity contribution in [1.82, 2.24) is 9.88 Å². The van der Waals surface area contributed by atoms with Crippen LogP contribution >= 0.6 is 11.3 Å². The fourth-order valence-corrected chi connectivity index (χ4v) is 5.84. The number of aromatic nitrogens is 1. The summed E-state index contributed by atoms with van der Waals surface area (Å²) in [5.74, 6) is 0.504. The molecule has 5 heteroatoms. The monoisotopic (exact) mass is 405 g/mol. The maximum atomic E-state index is 12.6. The van der Waals surface area contributed by atoms with Crippen LogP contribution in [0.4, 0.5) is 5.69 Å². The van der Waals surface area contributed by atoms with Gasteiger partial charge in [-0.3, -0.25) is 9.69 Å². The third-order valence-electron chi connectivity index (χ3n) is 6.48. The molecule has 2 aliphatic rings. The SMILES string of the molecule is C[C@H]1CCCCN1[C@H]1C[C@H](c2nc3ccc(C(=O)Nc4ccccc4)cc3s2)C1. The van der Waals surface area contributed by atoms with E-state index in [0.29, 0.717) is 11.5 Å². The normalized spacial score (nSPS) is 24.9. The van der Waals surface area contributed by atoms with Gasteiger partial charge in [-0.1, -0.05) is 24.6 Å². The Bertz CT molecular complexity index is 1010. The predicted octanol–water partition coefficient (Wildman–Crippen LogP) is 5.67. The number of amides is 1. The van der Waals surface area contributed by atoms with Crippen molar-refractivity contribution >= 4 is 33.1 Å². The van der Waals surface area contributed by atoms with E-state index in [1.807, 2.05) is 48.5 Å². The van der Waals surface area contributed by atoms with Gasteiger partial charge in [0.1, 0.15) is 0 Å². The van der Waals surface area contributed by atoms with Crippen LogP contribution in [-0.2, 0) is 0 Å². The molecule has 0 spiro atoms. The lowest BCUT2D eigenvalue weighted by atomic mass is 9.78. The first-order valence-corrected chi connectivity index (χ1v) is 11.5. The van der Waals surface area contributed by atoms with E-state index in [1.54, 1.807) is 11.3 Å². The van der Waals surface area contributed by atoms with E-state index >= 15 is 0 Å². The van der Waals surface area contributed by atoms with Gasteiger partial charge in [0.15, 0.2) is 0 Å². The average molecular weight is 406 g/mol. The standard InChI is InChI=1S/C24H27N3OS/c1-16-7-5-6-12-27(16)20-13-18(14-20)24-26-21-11-10-17(15-22(21)29-24)23(28)25-19-8-3-2-4-9-19/h2-4,8-11,15-16,18,20H,5-7,12-14H2,1H3,(H,25,28)/t16-,18-,20-/m0/s1. The van der Waals surface area contributed by atoms with E-state index in [1.165, 1.54) is 43.7 Å². The van der Waals surface area contributed by atoms with Crippen LogP contribution in [0.5, 0.6) is 0 Å². The number of nitrogens with zero attached hydrogens (tertiary/aromatic N) is 2. The van der Waals surface area contributed by atoms with Crippen LogP contribution in [0.1, 0.15) is 60.3 Å². The predicted molar refractivity (Wildman–Crippen MR) is 120 cm³/mol. The molecule has 2 aromatic carbocycles. The first kappa shape index (κ1) is 18.8. The largest absolute Gasteiger partial charge is 0.322 e. The van der Waals surface area contributed by atoms with E-state index in [4.69, 9.17) is 4.98 Å². The van der Waals surface area contributed by atoms with Gasteiger partial charge in [0.05, 0.1) is 15.2 Å². The van der Waals surface area contributed by atoms with E-state index in [2.05, 4.69) is 17.1 Å². The molecule has 4 nitrogen and oxygen atoms in total. The van der Waals surface area contributed by atoms with E-state index in [-0.39, 0.29) is 5.91 Å². The highest BCUT2D eigenvalue weighted by atomic mass is 32.1. The zero-order chi connectivity index (χ0) is 19.8. The van der Waals surface area contributed by atoms with Crippen molar-refractivity contribution in [3.05, 3.63) is 59.1 Å². The molecule has 5 rings (SSSR count). The number of carbonyl (C=O) groups excluding carboxylic acids is 1. The molecule has 150 valence electrons. The number of carbonyl (C=O) groups is 1. The summed E-state index contributed by atoms with van der Waals surface area (Å²) in [4.78, 5) is 20.2. The Morgan fingerprint density at radius 1 is 1.14 bits per heavy atom. The van der Waals surface area contributed by atoms with Gasteiger partial charge in [-0.25, -0.2) is 4.98 Å². The lowest BCUT2D eigenvalue weighted by Gasteiger charge is -2.47. The summed E-state index contributed by atoms with van der Waals surface area (Å²) < 4.78 is 1.11. The molecular weight excluding hydrogens is 378 g/mol. The minimum atomic E-state index is -0.0733. The van der Waals surface area contributed by atoms with Crippen molar-refractivity contribution in [2.75, 3.05) is 11.9 Å². The smallest absolute Gasteiger partial charge is 0.255 e. The first-order chi connectivity index (χ1) is 14.2. The van der Waals surface area contributed by atoms with Gasteiger partial charge in [-0.05, 0) is 69.5 Å². The van der Waals surface area contributed by atoms with Crippen LogP contribution in [0.2, 0.25) is 0 Å². The minimum absolute atomic E-state index is 0.0733. The number of para-hydroxylation sites is 1. The molecule has 1 aliphatic heterocycles. The molecular formula is C24H27N3OS. The number of benzene rings is 2. The molecule has 2 heterocycles. The summed E-state index contributed by atoms with van der Waals surface area (Å²) in [7, 11) is 0. The number of thiazole rings is 1. The maximum Gasteiger partial charge on any atom is 0.255 e. The van der Waals surface area contributed by atoms with Gasteiger partial charge in [0, 0.05) is 29.3 Å². The van der Waals surface area contributed by atoms with Crippen LogP contribution in [-0.4, -0.2) is 34.4 Å². The van der Waals surface area contributed by atoms with Gasteiger partial charge in [-0.15, -0.1) is 11.3 Å². The molecule has 1 atom stereocenters. The Balaban J connectivity index is 1.27. The van der Waals surface area contributed by atoms with Crippen molar-refractivity contribution in [3.63, 3.8) is 0 Å². The Morgan fingerprint density at radius 3 is 2.76 bits per heavy atom. The minimum Gasteiger partial charge on any atom is -0.322 e. The molecule has 1 amide bonds. The van der Waals surface area contributed by atoms with E-state index < -0.39 is 0 Å². The highest BCUT2D eigenvalue weighted by Gasteiger charge is 2.38. The number of likely N-dealkylation sites (tertiary alicyclic amines) is 1. The molecule has 0 unspecified atom stereocenters. The van der Waals surface area contributed by atoms with Crippen LogP contribution < -0.4 is 5.32 Å². The third-order valence-corrected chi connectivity index (χ3v) is 7.67. The van der Waals surface area contributed by atoms with Crippen molar-refractivity contribution in [2.45, 2.75) is 57.0 Å². The van der Waals surface area contributed by atoms with Gasteiger partial charge in [0.2, 0.25) is 0 Å². The molecule has 1 aliphatic carbocycles. The quantitative estimate of drug-likeness (QED) is 0.608. The second-order valence-corrected chi connectivity index (χ2v) is 9.52. The summed E-state index contributed by atoms with van der Waals surface area (Å²) in [6.07, 6.45) is 6.53. The van der Waals surface area contributed by atoms with E-state index in [0.717, 1.165) is 28.0 Å². The molecule has 1 saturated heterocycles. The second kappa shape index (κ2) is 7.88. The molecule has 29 heavy (non-hydrogen) atoms. The second-order valence-electron chi connectivity index (χ2n) is 8.46. The van der Waals surface area contributed by atoms with Gasteiger partial charge < -0.3 is 5.32 Å². The first-order valence-electron chi connectivity index (χ1n) is 10.7. The van der Waals surface area contributed by atoms with Gasteiger partial charge in [0.25, 0.3) is 5.91 Å². The molecule has 1 N–H and O–H groups in total. The Kier molecular flexibility index (Phi) is 5.10. The topological polar surface area (TPSA) is 45.2 Å². The highest BCUT2D eigenvalue weighted by Crippen LogP contribution is 2.44. The number of nitrogens with one attached hydrogen (secondary N) is 1. The van der Waals surface area contributed by atoms with Crippen LogP contribution in [0.25, 0.3) is 10.2 Å². The summed E-state index contributed by atoms with van der Waals surface area (Å²) in [5, 5.41) is 4.20. The van der Waals surface area contributed by atoms with Crippen molar-refractivity contribution < 1.29 is 4.79 Å². The lowest BCUT2D eigenvalue weighted by Crippen LogP contribution is -2.50. The van der Waals surface area contributed by atoms with Crippen LogP contribution in [0.3, 0.4) is 0 Å². The average Bonchev–Trinajstić information content (AvgIpc) is 3.11. The van der Waals surface area contributed by atoms with Crippen molar-refractivity contribution in [3.8, 4) is 0 Å². The molecule has 0 bridgehead atoms. The Hall–Kier alpha value is -2.24. The molecule has 2 fully saturated rings. The molecule has 3 aromatic rings. The van der Waals surface area contributed by atoms with Crippen molar-refractivity contribution in [2.24, 2.45) is 0 Å². The highest BCUT2D eigenvalue weighted by molar-refractivity contribution is 7.18. The number of fused-ring (bicyclic) bond motifs is 1. The van der Waals surface area contributed by atoms with Gasteiger partial charge >= 0.3 is 0 Å². The van der Waals surface area contributed by atoms with E-state index in [9.17, 15) is 4.79 Å². The maximum absolute atomic E-state index is 12.6. The molecule has 1 saturated carbocycles. The zero-order valence-corrected chi connectivity index (χ0v) is 17.6. The lowest BCUT2D eigenvalue weighted by molar-refractivity contribution is 0.0480. The number of piperidine rings is 1. The summed E-state index contributed by atoms with van der Waals surface area (Å²) >= 11 is 1.76. The van der Waals surface area contributed by atoms with Gasteiger partial charge in [-0.2, -0.15) is 0 Å². The summed E-state index contributed by atoms with van der Waals surface area (Å²) in [6.45, 7) is 3.64. The summed E-state index contributed by atoms with van der Waals surface area (Å²) in [6, 6.07) is 16.9. The Morgan fingerprint density at radius 2 is 1.97 bits per heavy atom. The number of hydrogen-bond donors (Lipinski definition) is 1. The van der Waals surface area contributed by atoms with Crippen LogP contribution in [0.15, 0.2) is 48.5 Å². The number of rotatable bonds is 4. The summed E-state index contributed by atoms with van der Waals surface area (Å²) in [5.41, 5.74) is 2.51.